The molecule has 0 saturated carbocycles. The zero-order chi connectivity index (χ0) is 19.4. The molecule has 0 amide bonds. The van der Waals surface area contributed by atoms with Gasteiger partial charge in [0.2, 0.25) is 0 Å². The normalized spacial score (nSPS) is 12.2. The minimum absolute atomic E-state index is 1.21. The zero-order valence-electron chi connectivity index (χ0n) is 16.1. The van der Waals surface area contributed by atoms with Gasteiger partial charge in [0.05, 0.1) is 15.7 Å². The van der Waals surface area contributed by atoms with E-state index in [1.54, 1.807) is 0 Å². The lowest BCUT2D eigenvalue weighted by molar-refractivity contribution is 1.19. The second kappa shape index (κ2) is 6.33. The summed E-state index contributed by atoms with van der Waals surface area (Å²) in [5.41, 5.74) is 5.06. The molecule has 0 aliphatic rings. The summed E-state index contributed by atoms with van der Waals surface area (Å²) in [4.78, 5) is 0. The fraction of sp³-hybridized carbons (Fsp3) is 0.0370. The molecule has 138 valence electrons. The number of para-hydroxylation sites is 2. The van der Waals surface area contributed by atoms with Gasteiger partial charge in [0.1, 0.15) is 0 Å². The van der Waals surface area contributed by atoms with Gasteiger partial charge in [-0.05, 0) is 30.7 Å². The number of aromatic nitrogens is 1. The first kappa shape index (κ1) is 16.6. The Hall–Kier alpha value is -3.36. The molecule has 0 unspecified atom stereocenters. The van der Waals surface area contributed by atoms with Gasteiger partial charge in [-0.25, -0.2) is 0 Å². The summed E-state index contributed by atoms with van der Waals surface area (Å²) in [6.07, 6.45) is 4.33. The molecule has 29 heavy (non-hydrogen) atoms. The molecule has 0 spiro atoms. The first-order valence-corrected chi connectivity index (χ1v) is 10.7. The molecule has 0 aliphatic carbocycles. The highest BCUT2D eigenvalue weighted by molar-refractivity contribution is 7.27. The average molecular weight is 390 g/mol. The van der Waals surface area contributed by atoms with Crippen LogP contribution in [0.3, 0.4) is 0 Å². The van der Waals surface area contributed by atoms with E-state index in [2.05, 4.69) is 109 Å². The lowest BCUT2D eigenvalue weighted by Gasteiger charge is -2.08. The van der Waals surface area contributed by atoms with Crippen molar-refractivity contribution in [1.29, 1.82) is 0 Å². The van der Waals surface area contributed by atoms with Crippen LogP contribution in [0.2, 0.25) is 0 Å². The Morgan fingerprint density at radius 1 is 0.655 bits per heavy atom. The highest BCUT2D eigenvalue weighted by Crippen LogP contribution is 2.43. The summed E-state index contributed by atoms with van der Waals surface area (Å²) in [5.74, 6) is 0. The van der Waals surface area contributed by atoms with Gasteiger partial charge < -0.3 is 4.57 Å². The predicted molar refractivity (Wildman–Crippen MR) is 128 cm³/mol. The van der Waals surface area contributed by atoms with E-state index in [4.69, 9.17) is 0 Å². The van der Waals surface area contributed by atoms with Crippen molar-refractivity contribution in [3.8, 4) is 5.69 Å². The Labute approximate surface area is 173 Å². The summed E-state index contributed by atoms with van der Waals surface area (Å²) < 4.78 is 5.14. The van der Waals surface area contributed by atoms with Crippen molar-refractivity contribution in [2.24, 2.45) is 0 Å². The van der Waals surface area contributed by atoms with Crippen molar-refractivity contribution >= 4 is 59.4 Å². The summed E-state index contributed by atoms with van der Waals surface area (Å²) in [5, 5.41) is 5.30. The Morgan fingerprint density at radius 2 is 1.38 bits per heavy atom. The number of rotatable bonds is 2. The topological polar surface area (TPSA) is 4.93 Å². The van der Waals surface area contributed by atoms with Gasteiger partial charge in [-0.1, -0.05) is 78.9 Å². The number of fused-ring (bicyclic) bond motifs is 7. The minimum Gasteiger partial charge on any atom is -0.308 e. The Kier molecular flexibility index (Phi) is 3.62. The van der Waals surface area contributed by atoms with Crippen LogP contribution < -0.4 is 0 Å². The molecule has 2 aromatic heterocycles. The minimum atomic E-state index is 1.21. The van der Waals surface area contributed by atoms with Crippen molar-refractivity contribution < 1.29 is 0 Å². The van der Waals surface area contributed by atoms with Crippen LogP contribution in [0.5, 0.6) is 0 Å². The second-order valence-corrected chi connectivity index (χ2v) is 8.37. The van der Waals surface area contributed by atoms with E-state index in [-0.39, 0.29) is 0 Å². The number of thiophene rings is 1. The van der Waals surface area contributed by atoms with Crippen molar-refractivity contribution in [1.82, 2.24) is 4.57 Å². The molecule has 0 bridgehead atoms. The molecule has 0 saturated heterocycles. The Bertz CT molecular complexity index is 1550. The van der Waals surface area contributed by atoms with Crippen molar-refractivity contribution in [3.63, 3.8) is 0 Å². The quantitative estimate of drug-likeness (QED) is 0.281. The highest BCUT2D eigenvalue weighted by atomic mass is 32.1. The van der Waals surface area contributed by atoms with Crippen LogP contribution in [0, 0.1) is 0 Å². The molecule has 0 aliphatic heterocycles. The molecular formula is C27H19NS. The van der Waals surface area contributed by atoms with E-state index < -0.39 is 0 Å². The average Bonchev–Trinajstić information content (AvgIpc) is 3.31. The third-order valence-electron chi connectivity index (χ3n) is 5.69. The van der Waals surface area contributed by atoms with E-state index in [0.717, 1.165) is 0 Å². The number of hydrogen-bond donors (Lipinski definition) is 0. The second-order valence-electron chi connectivity index (χ2n) is 7.35. The fourth-order valence-corrected chi connectivity index (χ4v) is 5.81. The van der Waals surface area contributed by atoms with E-state index in [1.165, 1.54) is 53.2 Å². The van der Waals surface area contributed by atoms with Crippen LogP contribution in [0.4, 0.5) is 0 Å². The standard InChI is InChI=1S/C27H19NS/c1-2-9-18-10-8-14-22-23-17-16-21-20-13-6-7-15-24(20)28(19-11-4-3-5-12-19)25(21)27(23)29-26(18)22/h2-17H,1H3/b9-2+. The van der Waals surface area contributed by atoms with E-state index in [9.17, 15) is 0 Å². The van der Waals surface area contributed by atoms with Gasteiger partial charge in [0, 0.05) is 31.9 Å². The first-order chi connectivity index (χ1) is 14.4. The molecule has 0 fully saturated rings. The van der Waals surface area contributed by atoms with Crippen LogP contribution >= 0.6 is 11.3 Å². The summed E-state index contributed by atoms with van der Waals surface area (Å²) in [6.45, 7) is 2.08. The van der Waals surface area contributed by atoms with Crippen molar-refractivity contribution in [2.75, 3.05) is 0 Å². The monoisotopic (exact) mass is 389 g/mol. The maximum absolute atomic E-state index is 2.43. The SMILES string of the molecule is C/C=C/c1cccc2c1sc1c2ccc2c3ccccc3n(-c3ccccc3)c21. The molecule has 2 heterocycles. The van der Waals surface area contributed by atoms with Crippen LogP contribution in [-0.4, -0.2) is 4.57 Å². The lowest BCUT2D eigenvalue weighted by atomic mass is 10.1. The fourth-order valence-electron chi connectivity index (χ4n) is 4.48. The molecule has 0 atom stereocenters. The first-order valence-electron chi connectivity index (χ1n) is 9.92. The molecule has 2 heteroatoms. The van der Waals surface area contributed by atoms with Gasteiger partial charge in [0.15, 0.2) is 0 Å². The van der Waals surface area contributed by atoms with E-state index in [0.29, 0.717) is 0 Å². The van der Waals surface area contributed by atoms with E-state index >= 15 is 0 Å². The lowest BCUT2D eigenvalue weighted by Crippen LogP contribution is -1.92. The third kappa shape index (κ3) is 2.33. The van der Waals surface area contributed by atoms with Crippen molar-refractivity contribution in [2.45, 2.75) is 6.92 Å². The Balaban J connectivity index is 1.87. The maximum Gasteiger partial charge on any atom is 0.0719 e. The molecule has 1 nitrogen and oxygen atoms in total. The van der Waals surface area contributed by atoms with Gasteiger partial charge in [0.25, 0.3) is 0 Å². The number of hydrogen-bond acceptors (Lipinski definition) is 1. The van der Waals surface area contributed by atoms with Gasteiger partial charge in [-0.3, -0.25) is 0 Å². The van der Waals surface area contributed by atoms with Crippen LogP contribution in [0.1, 0.15) is 12.5 Å². The predicted octanol–water partition coefficient (Wildman–Crippen LogP) is 8.18. The molecule has 0 radical (unpaired) electrons. The molecular weight excluding hydrogens is 370 g/mol. The van der Waals surface area contributed by atoms with Crippen LogP contribution in [0.25, 0.3) is 53.7 Å². The molecule has 0 N–H and O–H groups in total. The molecule has 6 rings (SSSR count). The number of benzene rings is 4. The van der Waals surface area contributed by atoms with Crippen LogP contribution in [-0.2, 0) is 0 Å². The summed E-state index contributed by atoms with van der Waals surface area (Å²) in [6, 6.07) is 30.7. The maximum atomic E-state index is 2.43. The van der Waals surface area contributed by atoms with E-state index in [1.807, 2.05) is 11.3 Å². The van der Waals surface area contributed by atoms with Crippen molar-refractivity contribution in [3.05, 3.63) is 96.6 Å². The smallest absolute Gasteiger partial charge is 0.0719 e. The van der Waals surface area contributed by atoms with Crippen LogP contribution in [0.15, 0.2) is 91.0 Å². The number of allylic oxidation sites excluding steroid dienone is 1. The zero-order valence-corrected chi connectivity index (χ0v) is 16.9. The Morgan fingerprint density at radius 3 is 2.24 bits per heavy atom. The molecule has 4 aromatic carbocycles. The largest absolute Gasteiger partial charge is 0.308 e. The number of nitrogens with zero attached hydrogens (tertiary/aromatic N) is 1. The molecule has 6 aromatic rings. The van der Waals surface area contributed by atoms with Gasteiger partial charge in [-0.2, -0.15) is 0 Å². The summed E-state index contributed by atoms with van der Waals surface area (Å²) in [7, 11) is 0. The highest BCUT2D eigenvalue weighted by Gasteiger charge is 2.17. The third-order valence-corrected chi connectivity index (χ3v) is 6.97. The summed E-state index contributed by atoms with van der Waals surface area (Å²) >= 11 is 1.91. The van der Waals surface area contributed by atoms with Gasteiger partial charge >= 0.3 is 0 Å². The van der Waals surface area contributed by atoms with Gasteiger partial charge in [-0.15, -0.1) is 11.3 Å².